The van der Waals surface area contributed by atoms with Crippen molar-refractivity contribution in [1.29, 1.82) is 0 Å². The summed E-state index contributed by atoms with van der Waals surface area (Å²) in [5, 5.41) is 0.372. The van der Waals surface area contributed by atoms with Gasteiger partial charge in [0, 0.05) is 22.3 Å². The quantitative estimate of drug-likeness (QED) is 0.322. The molecule has 4 nitrogen and oxygen atoms in total. The Balaban J connectivity index is 2.47. The van der Waals surface area contributed by atoms with Gasteiger partial charge in [-0.3, -0.25) is 14.8 Å². The third-order valence-electron chi connectivity index (χ3n) is 4.50. The minimum absolute atomic E-state index is 0.00969. The molecule has 0 amide bonds. The summed E-state index contributed by atoms with van der Waals surface area (Å²) < 4.78 is 30.0. The summed E-state index contributed by atoms with van der Waals surface area (Å²) in [4.78, 5) is 20.9. The topological polar surface area (TPSA) is 51.5 Å². The molecular weight excluding hydrogens is 422 g/mol. The summed E-state index contributed by atoms with van der Waals surface area (Å²) in [5.74, 6) is -0.0974. The molecule has 2 aromatic rings. The van der Waals surface area contributed by atoms with Crippen LogP contribution in [0.25, 0.3) is 5.57 Å². The number of hydrogen-bond donors (Lipinski definition) is 0. The molecule has 0 atom stereocenters. The van der Waals surface area contributed by atoms with Crippen LogP contribution in [-0.4, -0.2) is 23.1 Å². The Bertz CT molecular complexity index is 1040. The third-order valence-corrected chi connectivity index (χ3v) is 4.74. The molecule has 1 heterocycles. The Morgan fingerprint density at radius 3 is 2.55 bits per heavy atom. The van der Waals surface area contributed by atoms with Crippen LogP contribution in [0.1, 0.15) is 49.6 Å². The number of hydrogen-bond acceptors (Lipinski definition) is 4. The second-order valence-electron chi connectivity index (χ2n) is 7.28. The highest BCUT2D eigenvalue weighted by Gasteiger charge is 2.15. The molecule has 0 fully saturated rings. The fourth-order valence-corrected chi connectivity index (χ4v) is 3.34. The third kappa shape index (κ3) is 6.82. The van der Waals surface area contributed by atoms with Gasteiger partial charge in [-0.1, -0.05) is 29.8 Å². The lowest BCUT2D eigenvalue weighted by Gasteiger charge is -2.13. The van der Waals surface area contributed by atoms with E-state index >= 15 is 0 Å². The number of carbonyl (C=O) groups is 1. The highest BCUT2D eigenvalue weighted by atomic mass is 35.5. The van der Waals surface area contributed by atoms with Crippen LogP contribution in [0, 0.1) is 6.92 Å². The van der Waals surface area contributed by atoms with Gasteiger partial charge >= 0.3 is 6.61 Å². The second kappa shape index (κ2) is 11.0. The molecule has 0 aliphatic heterocycles. The Hall–Kier alpha value is -2.86. The molecule has 0 saturated carbocycles. The number of rotatable bonds is 9. The fraction of sp³-hybridized carbons (Fsp3) is 0.292. The van der Waals surface area contributed by atoms with E-state index in [1.54, 1.807) is 12.3 Å². The number of Topliss-reactive ketones (excluding diaryl/α,β-unsaturated/α-hetero) is 1. The maximum Gasteiger partial charge on any atom is 0.387 e. The molecule has 1 aromatic heterocycles. The number of nitrogens with zero attached hydrogens (tertiary/aromatic N) is 2. The zero-order chi connectivity index (χ0) is 23.1. The average Bonchev–Trinajstić information content (AvgIpc) is 2.67. The lowest BCUT2D eigenvalue weighted by atomic mass is 9.99. The van der Waals surface area contributed by atoms with Gasteiger partial charge in [0.2, 0.25) is 0 Å². The molecule has 7 heteroatoms. The predicted molar refractivity (Wildman–Crippen MR) is 121 cm³/mol. The number of allylic oxidation sites excluding steroid dienone is 3. The number of benzene rings is 1. The largest absolute Gasteiger partial charge is 0.434 e. The van der Waals surface area contributed by atoms with Gasteiger partial charge < -0.3 is 4.74 Å². The number of ketones is 1. The van der Waals surface area contributed by atoms with Crippen LogP contribution in [0.2, 0.25) is 5.02 Å². The number of carbonyl (C=O) groups excluding carboxylic acids is 1. The molecule has 0 saturated heterocycles. The highest BCUT2D eigenvalue weighted by Crippen LogP contribution is 2.26. The maximum absolute atomic E-state index is 12.7. The van der Waals surface area contributed by atoms with Gasteiger partial charge in [0.05, 0.1) is 24.4 Å². The number of aryl methyl sites for hydroxylation is 1. The molecule has 2 rings (SSSR count). The molecule has 0 aliphatic rings. The van der Waals surface area contributed by atoms with Crippen LogP contribution in [0.15, 0.2) is 53.7 Å². The van der Waals surface area contributed by atoms with Gasteiger partial charge in [0.15, 0.2) is 0 Å². The van der Waals surface area contributed by atoms with Gasteiger partial charge in [0.1, 0.15) is 11.5 Å². The van der Waals surface area contributed by atoms with Crippen molar-refractivity contribution in [2.75, 3.05) is 0 Å². The summed E-state index contributed by atoms with van der Waals surface area (Å²) in [7, 11) is 0. The van der Waals surface area contributed by atoms with Gasteiger partial charge in [0.25, 0.3) is 0 Å². The minimum atomic E-state index is -2.97. The summed E-state index contributed by atoms with van der Waals surface area (Å²) in [6, 6.07) is 6.32. The number of halogens is 3. The number of ether oxygens (including phenoxy) is 1. The van der Waals surface area contributed by atoms with Crippen molar-refractivity contribution < 1.29 is 18.3 Å². The normalized spacial score (nSPS) is 11.4. The van der Waals surface area contributed by atoms with Gasteiger partial charge in [-0.2, -0.15) is 8.78 Å². The van der Waals surface area contributed by atoms with Crippen molar-refractivity contribution in [3.05, 3.63) is 76.1 Å². The minimum Gasteiger partial charge on any atom is -0.434 e. The van der Waals surface area contributed by atoms with E-state index in [2.05, 4.69) is 21.3 Å². The van der Waals surface area contributed by atoms with Crippen molar-refractivity contribution in [2.24, 2.45) is 4.99 Å². The van der Waals surface area contributed by atoms with Crippen molar-refractivity contribution in [3.8, 4) is 5.75 Å². The van der Waals surface area contributed by atoms with Gasteiger partial charge in [-0.15, -0.1) is 0 Å². The molecule has 0 aliphatic carbocycles. The highest BCUT2D eigenvalue weighted by molar-refractivity contribution is 6.30. The first-order valence-electron chi connectivity index (χ1n) is 9.65. The maximum atomic E-state index is 12.7. The van der Waals surface area contributed by atoms with Crippen molar-refractivity contribution in [3.63, 3.8) is 0 Å². The summed E-state index contributed by atoms with van der Waals surface area (Å²) in [6.45, 7) is 8.24. The van der Waals surface area contributed by atoms with E-state index < -0.39 is 6.61 Å². The molecule has 0 spiro atoms. The monoisotopic (exact) mass is 446 g/mol. The van der Waals surface area contributed by atoms with E-state index in [1.165, 1.54) is 25.1 Å². The number of alkyl halides is 2. The molecule has 164 valence electrons. The van der Waals surface area contributed by atoms with E-state index in [4.69, 9.17) is 11.6 Å². The van der Waals surface area contributed by atoms with Crippen LogP contribution in [0.4, 0.5) is 8.78 Å². The Kier molecular flexibility index (Phi) is 8.63. The first-order valence-corrected chi connectivity index (χ1v) is 10.0. The first kappa shape index (κ1) is 24.4. The van der Waals surface area contributed by atoms with Crippen LogP contribution < -0.4 is 4.74 Å². The number of aliphatic imine (C=N–C) groups is 1. The molecule has 1 aromatic carbocycles. The summed E-state index contributed by atoms with van der Waals surface area (Å²) >= 11 is 6.01. The molecule has 0 N–H and O–H groups in total. The van der Waals surface area contributed by atoms with Crippen LogP contribution in [0.5, 0.6) is 5.75 Å². The lowest BCUT2D eigenvalue weighted by molar-refractivity contribution is -0.115. The Morgan fingerprint density at radius 1 is 1.29 bits per heavy atom. The SMILES string of the molecule is C=CC(=C(C)C)c1cnc(C(CC(C)=O)=NCc2cc(Cl)ccc2OC(F)F)c(C)c1. The van der Waals surface area contributed by atoms with Crippen LogP contribution in [0.3, 0.4) is 0 Å². The zero-order valence-corrected chi connectivity index (χ0v) is 18.8. The molecule has 0 unspecified atom stereocenters. The predicted octanol–water partition coefficient (Wildman–Crippen LogP) is 6.59. The van der Waals surface area contributed by atoms with Gasteiger partial charge in [-0.25, -0.2) is 0 Å². The fourth-order valence-electron chi connectivity index (χ4n) is 3.15. The number of pyridine rings is 1. The van der Waals surface area contributed by atoms with E-state index in [1.807, 2.05) is 26.8 Å². The van der Waals surface area contributed by atoms with Crippen molar-refractivity contribution in [1.82, 2.24) is 4.98 Å². The van der Waals surface area contributed by atoms with E-state index in [9.17, 15) is 13.6 Å². The Morgan fingerprint density at radius 2 is 2.00 bits per heavy atom. The zero-order valence-electron chi connectivity index (χ0n) is 18.0. The average molecular weight is 447 g/mol. The smallest absolute Gasteiger partial charge is 0.387 e. The van der Waals surface area contributed by atoms with E-state index in [0.29, 0.717) is 22.0 Å². The van der Waals surface area contributed by atoms with E-state index in [-0.39, 0.29) is 24.5 Å². The molecular formula is C24H25ClF2N2O2. The number of aromatic nitrogens is 1. The van der Waals surface area contributed by atoms with Crippen molar-refractivity contribution in [2.45, 2.75) is 47.3 Å². The second-order valence-corrected chi connectivity index (χ2v) is 7.72. The Labute approximate surface area is 186 Å². The summed E-state index contributed by atoms with van der Waals surface area (Å²) in [6.07, 6.45) is 3.56. The van der Waals surface area contributed by atoms with E-state index in [0.717, 1.165) is 22.3 Å². The summed E-state index contributed by atoms with van der Waals surface area (Å²) in [5.41, 5.74) is 5.29. The first-order chi connectivity index (χ1) is 14.6. The standard InChI is InChI=1S/C24H25ClF2N2O2/c1-6-20(14(2)3)17-9-15(4)23(29-12-17)21(10-16(5)30)28-13-18-11-19(25)7-8-22(18)31-24(26)27/h6-9,11-12,24H,1,10,13H2,2-5H3. The van der Waals surface area contributed by atoms with Gasteiger partial charge in [-0.05, 0) is 63.1 Å². The van der Waals surface area contributed by atoms with Crippen LogP contribution >= 0.6 is 11.6 Å². The van der Waals surface area contributed by atoms with Crippen LogP contribution in [-0.2, 0) is 11.3 Å². The molecule has 0 radical (unpaired) electrons. The lowest BCUT2D eigenvalue weighted by Crippen LogP contribution is -2.12. The molecule has 31 heavy (non-hydrogen) atoms. The van der Waals surface area contributed by atoms with Crippen molar-refractivity contribution >= 4 is 28.7 Å². The molecule has 0 bridgehead atoms.